The number of carbonyl (C=O) groups excluding carboxylic acids is 1. The molecule has 4 rings (SSSR count). The van der Waals surface area contributed by atoms with Crippen LogP contribution in [0.2, 0.25) is 0 Å². The molecule has 2 N–H and O–H groups in total. The molecule has 3 aromatic rings. The Morgan fingerprint density at radius 2 is 1.97 bits per heavy atom. The van der Waals surface area contributed by atoms with Crippen molar-refractivity contribution in [2.24, 2.45) is 0 Å². The summed E-state index contributed by atoms with van der Waals surface area (Å²) in [6.07, 6.45) is 3.53. The van der Waals surface area contributed by atoms with Gasteiger partial charge in [0, 0.05) is 23.3 Å². The molecule has 30 heavy (non-hydrogen) atoms. The summed E-state index contributed by atoms with van der Waals surface area (Å²) in [6, 6.07) is 3.60. The Morgan fingerprint density at radius 1 is 1.30 bits per heavy atom. The van der Waals surface area contributed by atoms with Crippen molar-refractivity contribution in [1.82, 2.24) is 20.3 Å². The molecule has 2 heterocycles. The fourth-order valence-corrected chi connectivity index (χ4v) is 3.81. The average molecular weight is 409 g/mol. The Hall–Kier alpha value is -3.67. The zero-order chi connectivity index (χ0) is 21.6. The second-order valence-corrected chi connectivity index (χ2v) is 7.46. The first-order valence-electron chi connectivity index (χ1n) is 9.32. The first kappa shape index (κ1) is 19.6. The van der Waals surface area contributed by atoms with Crippen LogP contribution in [0.1, 0.15) is 48.3 Å². The van der Waals surface area contributed by atoms with Crippen molar-refractivity contribution >= 4 is 16.8 Å². The zero-order valence-electron chi connectivity index (χ0n) is 16.2. The molecule has 0 radical (unpaired) electrons. The maximum atomic E-state index is 14.4. The summed E-state index contributed by atoms with van der Waals surface area (Å²) in [5.74, 6) is -2.18. The average Bonchev–Trinajstić information content (AvgIpc) is 3.52. The van der Waals surface area contributed by atoms with Gasteiger partial charge in [-0.1, -0.05) is 0 Å². The van der Waals surface area contributed by atoms with Gasteiger partial charge in [0.25, 0.3) is 5.56 Å². The molecule has 7 nitrogen and oxygen atoms in total. The van der Waals surface area contributed by atoms with Crippen LogP contribution >= 0.6 is 0 Å². The molecule has 1 fully saturated rings. The predicted octanol–water partition coefficient (Wildman–Crippen LogP) is 2.69. The van der Waals surface area contributed by atoms with E-state index in [-0.39, 0.29) is 22.0 Å². The molecule has 9 heteroatoms. The third-order valence-electron chi connectivity index (χ3n) is 5.52. The maximum Gasteiger partial charge on any atom is 0.252 e. The summed E-state index contributed by atoms with van der Waals surface area (Å²) in [5, 5.41) is 11.6. The van der Waals surface area contributed by atoms with Gasteiger partial charge in [-0.05, 0) is 44.4 Å². The number of halogens is 2. The topological polar surface area (TPSA) is 112 Å². The van der Waals surface area contributed by atoms with Crippen molar-refractivity contribution in [3.8, 4) is 6.07 Å². The zero-order valence-corrected chi connectivity index (χ0v) is 16.2. The molecule has 0 spiro atoms. The van der Waals surface area contributed by atoms with Gasteiger partial charge in [-0.3, -0.25) is 9.59 Å². The largest absolute Gasteiger partial charge is 0.346 e. The Bertz CT molecular complexity index is 1270. The minimum Gasteiger partial charge on any atom is -0.346 e. The van der Waals surface area contributed by atoms with Gasteiger partial charge < -0.3 is 10.3 Å². The molecule has 2 aromatic heterocycles. The number of aromatic amines is 1. The molecule has 1 saturated carbocycles. The van der Waals surface area contributed by atoms with Gasteiger partial charge >= 0.3 is 0 Å². The third-order valence-corrected chi connectivity index (χ3v) is 5.52. The van der Waals surface area contributed by atoms with E-state index in [0.29, 0.717) is 24.2 Å². The molecular weight excluding hydrogens is 392 g/mol. The van der Waals surface area contributed by atoms with Gasteiger partial charge in [-0.25, -0.2) is 18.7 Å². The molecule has 1 aromatic carbocycles. The van der Waals surface area contributed by atoms with Crippen molar-refractivity contribution in [3.05, 3.63) is 69.0 Å². The van der Waals surface area contributed by atoms with Gasteiger partial charge in [-0.15, -0.1) is 0 Å². The second kappa shape index (κ2) is 6.99. The van der Waals surface area contributed by atoms with Crippen LogP contribution in [0.5, 0.6) is 0 Å². The number of pyridine rings is 1. The highest BCUT2D eigenvalue weighted by Gasteiger charge is 2.54. The first-order chi connectivity index (χ1) is 14.3. The minimum atomic E-state index is -1.12. The molecule has 1 aliphatic carbocycles. The van der Waals surface area contributed by atoms with E-state index in [4.69, 9.17) is 5.26 Å². The van der Waals surface area contributed by atoms with Gasteiger partial charge in [0.15, 0.2) is 11.6 Å². The number of amides is 1. The van der Waals surface area contributed by atoms with Crippen LogP contribution in [-0.2, 0) is 10.2 Å². The highest BCUT2D eigenvalue weighted by molar-refractivity contribution is 5.94. The lowest BCUT2D eigenvalue weighted by molar-refractivity contribution is -0.124. The Morgan fingerprint density at radius 3 is 2.57 bits per heavy atom. The molecule has 0 bridgehead atoms. The lowest BCUT2D eigenvalue weighted by atomic mass is 9.89. The number of benzene rings is 1. The Balaban J connectivity index is 1.71. The van der Waals surface area contributed by atoms with Gasteiger partial charge in [0.2, 0.25) is 5.91 Å². The van der Waals surface area contributed by atoms with Crippen molar-refractivity contribution in [1.29, 1.82) is 5.26 Å². The van der Waals surface area contributed by atoms with E-state index in [1.54, 1.807) is 6.92 Å². The number of aryl methyl sites for hydroxylation is 1. The van der Waals surface area contributed by atoms with E-state index in [0.717, 1.165) is 6.07 Å². The van der Waals surface area contributed by atoms with E-state index in [1.807, 2.05) is 6.07 Å². The number of H-pyrrole nitrogens is 1. The Labute approximate surface area is 169 Å². The lowest BCUT2D eigenvalue weighted by Crippen LogP contribution is -2.40. The van der Waals surface area contributed by atoms with E-state index < -0.39 is 34.6 Å². The highest BCUT2D eigenvalue weighted by atomic mass is 19.2. The molecule has 0 aliphatic heterocycles. The van der Waals surface area contributed by atoms with E-state index in [2.05, 4.69) is 20.3 Å². The number of rotatable bonds is 4. The minimum absolute atomic E-state index is 0.0350. The van der Waals surface area contributed by atoms with E-state index >= 15 is 0 Å². The van der Waals surface area contributed by atoms with Crippen LogP contribution in [-0.4, -0.2) is 20.9 Å². The van der Waals surface area contributed by atoms with Crippen molar-refractivity contribution < 1.29 is 13.6 Å². The fourth-order valence-electron chi connectivity index (χ4n) is 3.81. The molecule has 0 saturated heterocycles. The number of nitrogens with one attached hydrogen (secondary N) is 2. The van der Waals surface area contributed by atoms with Gasteiger partial charge in [0.05, 0.1) is 22.5 Å². The number of nitrogens with zero attached hydrogens (tertiary/aromatic N) is 3. The van der Waals surface area contributed by atoms with Crippen LogP contribution in [0.15, 0.2) is 29.3 Å². The van der Waals surface area contributed by atoms with Crippen molar-refractivity contribution in [2.45, 2.75) is 38.1 Å². The first-order valence-corrected chi connectivity index (χ1v) is 9.32. The molecule has 1 aliphatic rings. The van der Waals surface area contributed by atoms with Gasteiger partial charge in [0.1, 0.15) is 11.9 Å². The number of fused-ring (bicyclic) bond motifs is 1. The summed E-state index contributed by atoms with van der Waals surface area (Å²) in [7, 11) is 0. The fraction of sp³-hybridized carbons (Fsp3) is 0.286. The summed E-state index contributed by atoms with van der Waals surface area (Å²) in [5.41, 5.74) is -0.753. The number of carbonyl (C=O) groups is 1. The molecule has 152 valence electrons. The SMILES string of the molecule is Cc1c(C2(C(=O)N[C@@H](C)c3ncc(C#N)cn3)CC2)c(=O)[nH]c2ccc(F)c(F)c12. The molecule has 1 atom stereocenters. The third kappa shape index (κ3) is 3.01. The Kier molecular flexibility index (Phi) is 4.57. The number of hydrogen-bond donors (Lipinski definition) is 2. The van der Waals surface area contributed by atoms with Crippen LogP contribution in [0.25, 0.3) is 10.9 Å². The number of aromatic nitrogens is 3. The van der Waals surface area contributed by atoms with Crippen LogP contribution in [0, 0.1) is 29.9 Å². The molecule has 0 unspecified atom stereocenters. The van der Waals surface area contributed by atoms with Crippen LogP contribution < -0.4 is 10.9 Å². The lowest BCUT2D eigenvalue weighted by Gasteiger charge is -2.21. The van der Waals surface area contributed by atoms with Crippen LogP contribution in [0.3, 0.4) is 0 Å². The monoisotopic (exact) mass is 409 g/mol. The van der Waals surface area contributed by atoms with E-state index in [9.17, 15) is 18.4 Å². The summed E-state index contributed by atoms with van der Waals surface area (Å²) >= 11 is 0. The smallest absolute Gasteiger partial charge is 0.252 e. The maximum absolute atomic E-state index is 14.4. The number of hydrogen-bond acceptors (Lipinski definition) is 5. The molecular formula is C21H17F2N5O2. The standard InChI is InChI=1S/C21H17F2N5O2/c1-10-15-14(4-3-13(22)17(15)23)28-19(29)16(10)21(5-6-21)20(30)27-11(2)18-25-8-12(7-24)9-26-18/h3-4,8-9,11H,5-6H2,1-2H3,(H,27,30)(H,28,29)/t11-/m0/s1. The highest BCUT2D eigenvalue weighted by Crippen LogP contribution is 2.49. The summed E-state index contributed by atoms with van der Waals surface area (Å²) in [4.78, 5) is 36.6. The van der Waals surface area contributed by atoms with Crippen LogP contribution in [0.4, 0.5) is 8.78 Å². The molecule has 1 amide bonds. The van der Waals surface area contributed by atoms with E-state index in [1.165, 1.54) is 25.4 Å². The van der Waals surface area contributed by atoms with Crippen molar-refractivity contribution in [3.63, 3.8) is 0 Å². The van der Waals surface area contributed by atoms with Gasteiger partial charge in [-0.2, -0.15) is 5.26 Å². The predicted molar refractivity (Wildman–Crippen MR) is 103 cm³/mol. The summed E-state index contributed by atoms with van der Waals surface area (Å²) in [6.45, 7) is 3.21. The normalized spacial score (nSPS) is 15.4. The quantitative estimate of drug-likeness (QED) is 0.688. The summed E-state index contributed by atoms with van der Waals surface area (Å²) < 4.78 is 28.2. The second-order valence-electron chi connectivity index (χ2n) is 7.46. The van der Waals surface area contributed by atoms with Crippen molar-refractivity contribution in [2.75, 3.05) is 0 Å². The number of nitriles is 1.